The molecule has 2 fully saturated rings. The zero-order chi connectivity index (χ0) is 26.2. The molecule has 2 aromatic heterocycles. The topological polar surface area (TPSA) is 159 Å². The Morgan fingerprint density at radius 3 is 2.76 bits per heavy atom. The first-order chi connectivity index (χ1) is 17.8. The summed E-state index contributed by atoms with van der Waals surface area (Å²) in [5.74, 6) is -0.716. The minimum atomic E-state index is -4.17. The van der Waals surface area contributed by atoms with E-state index in [1.807, 2.05) is 13.8 Å². The van der Waals surface area contributed by atoms with Crippen molar-refractivity contribution in [3.63, 3.8) is 0 Å². The Kier molecular flexibility index (Phi) is 7.15. The van der Waals surface area contributed by atoms with Gasteiger partial charge in [0.1, 0.15) is 18.4 Å². The minimum Gasteiger partial charge on any atom is -0.476 e. The number of fused-ring (bicyclic) bond motifs is 2. The summed E-state index contributed by atoms with van der Waals surface area (Å²) in [7, 11) is -4.17. The van der Waals surface area contributed by atoms with Crippen LogP contribution in [0.4, 0.5) is 5.95 Å². The monoisotopic (exact) mass is 533 g/mol. The largest absolute Gasteiger partial charge is 0.476 e. The average Bonchev–Trinajstić information content (AvgIpc) is 3.44. The van der Waals surface area contributed by atoms with Crippen LogP contribution in [0.3, 0.4) is 0 Å². The SMILES string of the molecule is CCOC(=O)C(OP1(=O)OCC2OC(n3cnc4c(OCC)nc(N)nc43)C(C)C2O1)c1ccccc1. The maximum Gasteiger partial charge on any atom is 0.476 e. The molecule has 0 amide bonds. The number of imidazole rings is 1. The van der Waals surface area contributed by atoms with E-state index in [0.717, 1.165) is 0 Å². The second-order valence-corrected chi connectivity index (χ2v) is 10.1. The van der Waals surface area contributed by atoms with Crippen LogP contribution >= 0.6 is 7.82 Å². The number of benzene rings is 1. The van der Waals surface area contributed by atoms with Crippen LogP contribution in [0, 0.1) is 5.92 Å². The molecule has 2 aliphatic rings. The molecule has 14 heteroatoms. The van der Waals surface area contributed by atoms with E-state index < -0.39 is 38.3 Å². The predicted octanol–water partition coefficient (Wildman–Crippen LogP) is 3.19. The summed E-state index contributed by atoms with van der Waals surface area (Å²) in [4.78, 5) is 25.5. The van der Waals surface area contributed by atoms with Crippen LogP contribution in [0.15, 0.2) is 36.7 Å². The number of aromatic nitrogens is 4. The molecule has 0 saturated carbocycles. The number of ether oxygens (including phenoxy) is 3. The number of nitrogen functional groups attached to an aromatic ring is 1. The number of rotatable bonds is 8. The van der Waals surface area contributed by atoms with Crippen molar-refractivity contribution in [3.05, 3.63) is 42.2 Å². The van der Waals surface area contributed by atoms with E-state index in [0.29, 0.717) is 23.3 Å². The highest BCUT2D eigenvalue weighted by atomic mass is 31.2. The van der Waals surface area contributed by atoms with Gasteiger partial charge < -0.3 is 19.9 Å². The van der Waals surface area contributed by atoms with Gasteiger partial charge in [0.25, 0.3) is 0 Å². The smallest absolute Gasteiger partial charge is 0.476 e. The molecule has 6 unspecified atom stereocenters. The second-order valence-electron chi connectivity index (χ2n) is 8.53. The van der Waals surface area contributed by atoms with Crippen LogP contribution in [0.1, 0.15) is 38.7 Å². The summed E-state index contributed by atoms with van der Waals surface area (Å²) in [5.41, 5.74) is 7.22. The number of phosphoric acid groups is 1. The fourth-order valence-corrected chi connectivity index (χ4v) is 6.04. The van der Waals surface area contributed by atoms with Gasteiger partial charge in [0.15, 0.2) is 17.3 Å². The summed E-state index contributed by atoms with van der Waals surface area (Å²) < 4.78 is 49.3. The van der Waals surface area contributed by atoms with E-state index in [4.69, 9.17) is 33.5 Å². The van der Waals surface area contributed by atoms with Crippen molar-refractivity contribution in [3.8, 4) is 5.88 Å². The molecular formula is C23H28N5O8P. The molecule has 2 N–H and O–H groups in total. The maximum atomic E-state index is 13.6. The van der Waals surface area contributed by atoms with Crippen molar-refractivity contribution < 1.29 is 37.1 Å². The highest BCUT2D eigenvalue weighted by Gasteiger charge is 2.53. The fraction of sp³-hybridized carbons (Fsp3) is 0.478. The molecule has 6 atom stereocenters. The summed E-state index contributed by atoms with van der Waals surface area (Å²) in [5, 5.41) is 0. The van der Waals surface area contributed by atoms with E-state index in [-0.39, 0.29) is 31.0 Å². The molecule has 4 heterocycles. The van der Waals surface area contributed by atoms with Gasteiger partial charge in [0.05, 0.1) is 26.1 Å². The Labute approximate surface area is 212 Å². The lowest BCUT2D eigenvalue weighted by molar-refractivity contribution is -0.154. The number of carbonyl (C=O) groups excluding carboxylic acids is 1. The number of nitrogens with two attached hydrogens (primary N) is 1. The average molecular weight is 533 g/mol. The van der Waals surface area contributed by atoms with Crippen molar-refractivity contribution in [2.24, 2.45) is 5.92 Å². The minimum absolute atomic E-state index is 0.0316. The lowest BCUT2D eigenvalue weighted by atomic mass is 10.0. The number of carbonyl (C=O) groups is 1. The maximum absolute atomic E-state index is 13.6. The van der Waals surface area contributed by atoms with E-state index in [1.54, 1.807) is 48.1 Å². The first-order valence-electron chi connectivity index (χ1n) is 11.9. The fourth-order valence-electron chi connectivity index (χ4n) is 4.44. The Morgan fingerprint density at radius 1 is 1.24 bits per heavy atom. The van der Waals surface area contributed by atoms with E-state index >= 15 is 0 Å². The molecule has 2 saturated heterocycles. The number of anilines is 1. The van der Waals surface area contributed by atoms with Crippen molar-refractivity contribution in [2.45, 2.75) is 45.3 Å². The third kappa shape index (κ3) is 4.92. The van der Waals surface area contributed by atoms with Gasteiger partial charge in [-0.05, 0) is 19.4 Å². The van der Waals surface area contributed by atoms with E-state index in [2.05, 4.69) is 15.0 Å². The highest BCUT2D eigenvalue weighted by molar-refractivity contribution is 7.48. The van der Waals surface area contributed by atoms with Crippen LogP contribution in [-0.4, -0.2) is 57.5 Å². The summed E-state index contributed by atoms with van der Waals surface area (Å²) in [6.45, 7) is 5.83. The third-order valence-corrected chi connectivity index (χ3v) is 7.53. The first kappa shape index (κ1) is 25.6. The zero-order valence-corrected chi connectivity index (χ0v) is 21.4. The normalized spacial score (nSPS) is 28.1. The van der Waals surface area contributed by atoms with Gasteiger partial charge in [0, 0.05) is 5.92 Å². The predicted molar refractivity (Wildman–Crippen MR) is 129 cm³/mol. The second kappa shape index (κ2) is 10.3. The number of esters is 1. The molecule has 198 valence electrons. The molecule has 0 spiro atoms. The van der Waals surface area contributed by atoms with Crippen molar-refractivity contribution in [2.75, 3.05) is 25.6 Å². The molecule has 13 nitrogen and oxygen atoms in total. The molecule has 5 rings (SSSR count). The van der Waals surface area contributed by atoms with Crippen LogP contribution in [0.2, 0.25) is 0 Å². The summed E-state index contributed by atoms with van der Waals surface area (Å²) in [6, 6.07) is 8.61. The summed E-state index contributed by atoms with van der Waals surface area (Å²) in [6.07, 6.45) is -1.53. The van der Waals surface area contributed by atoms with Crippen molar-refractivity contribution in [1.82, 2.24) is 19.5 Å². The zero-order valence-electron chi connectivity index (χ0n) is 20.6. The molecule has 0 radical (unpaired) electrons. The highest BCUT2D eigenvalue weighted by Crippen LogP contribution is 2.60. The van der Waals surface area contributed by atoms with Crippen molar-refractivity contribution in [1.29, 1.82) is 0 Å². The van der Waals surface area contributed by atoms with Gasteiger partial charge in [-0.25, -0.2) is 14.3 Å². The lowest BCUT2D eigenvalue weighted by Gasteiger charge is -2.32. The van der Waals surface area contributed by atoms with Gasteiger partial charge in [-0.2, -0.15) is 9.97 Å². The molecule has 1 aromatic carbocycles. The van der Waals surface area contributed by atoms with Crippen LogP contribution in [-0.2, 0) is 32.4 Å². The number of nitrogens with zero attached hydrogens (tertiary/aromatic N) is 4. The van der Waals surface area contributed by atoms with Gasteiger partial charge in [-0.1, -0.05) is 37.3 Å². The van der Waals surface area contributed by atoms with Crippen LogP contribution in [0.5, 0.6) is 5.88 Å². The lowest BCUT2D eigenvalue weighted by Crippen LogP contribution is -2.36. The number of hydrogen-bond donors (Lipinski definition) is 1. The molecule has 3 aromatic rings. The Balaban J connectivity index is 1.38. The van der Waals surface area contributed by atoms with Crippen LogP contribution < -0.4 is 10.5 Å². The Morgan fingerprint density at radius 2 is 2.03 bits per heavy atom. The van der Waals surface area contributed by atoms with Gasteiger partial charge in [-0.3, -0.25) is 18.1 Å². The van der Waals surface area contributed by atoms with Crippen LogP contribution in [0.25, 0.3) is 11.2 Å². The quantitative estimate of drug-likeness (QED) is 0.333. The standard InChI is InChI=1S/C23H28N5O8P/c1-4-31-20-16-19(26-23(24)27-20)28(12-25-16)21-13(3)17-15(34-21)11-33-37(30,35-17)36-18(22(29)32-5-2)14-9-7-6-8-10-14/h6-10,12-13,15,17-18,21H,4-5,11H2,1-3H3,(H2,24,26,27). The van der Waals surface area contributed by atoms with Crippen molar-refractivity contribution >= 4 is 30.9 Å². The van der Waals surface area contributed by atoms with Gasteiger partial charge in [0.2, 0.25) is 11.8 Å². The van der Waals surface area contributed by atoms with Gasteiger partial charge >= 0.3 is 13.8 Å². The Bertz CT molecular complexity index is 1320. The molecule has 2 aliphatic heterocycles. The molecular weight excluding hydrogens is 505 g/mol. The van der Waals surface area contributed by atoms with E-state index in [1.165, 1.54) is 0 Å². The first-order valence-corrected chi connectivity index (χ1v) is 13.4. The van der Waals surface area contributed by atoms with Gasteiger partial charge in [-0.15, -0.1) is 0 Å². The number of hydrogen-bond acceptors (Lipinski definition) is 12. The molecule has 0 bridgehead atoms. The Hall–Kier alpha value is -3.09. The third-order valence-electron chi connectivity index (χ3n) is 6.10. The number of phosphoric ester groups is 1. The molecule has 37 heavy (non-hydrogen) atoms. The molecule has 0 aliphatic carbocycles. The summed E-state index contributed by atoms with van der Waals surface area (Å²) >= 11 is 0. The van der Waals surface area contributed by atoms with E-state index in [9.17, 15) is 9.36 Å².